The average Bonchev–Trinajstić information content (AvgIpc) is 2.55. The minimum absolute atomic E-state index is 0.0182. The van der Waals surface area contributed by atoms with Gasteiger partial charge in [-0.3, -0.25) is 4.79 Å². The number of nitrogens with zero attached hydrogens (tertiary/aromatic N) is 1. The van der Waals surface area contributed by atoms with E-state index >= 15 is 0 Å². The fraction of sp³-hybridized carbons (Fsp3) is 0.529. The number of nitrogens with two attached hydrogens (primary N) is 1. The average molecular weight is 352 g/mol. The number of urea groups is 1. The summed E-state index contributed by atoms with van der Waals surface area (Å²) in [6.07, 6.45) is 2.52. The molecular formula is C17H22ClN3O3. The standard InChI is InChI=1S/C17H22ClN3O3/c18-13-4-2-12(3-5-13)17(6-1-7-17)11-20-16(23)21-8-9-24-14(10-21)15(19)22/h2-5,14H,1,6-11H2,(H2,19,22)(H,20,23). The van der Waals surface area contributed by atoms with Gasteiger partial charge in [0.2, 0.25) is 5.91 Å². The first-order chi connectivity index (χ1) is 11.5. The van der Waals surface area contributed by atoms with E-state index in [4.69, 9.17) is 22.1 Å². The second-order valence-corrected chi connectivity index (χ2v) is 6.94. The molecule has 1 aliphatic heterocycles. The third-order valence-corrected chi connectivity index (χ3v) is 5.27. The fourth-order valence-corrected chi connectivity index (χ4v) is 3.46. The smallest absolute Gasteiger partial charge is 0.317 e. The van der Waals surface area contributed by atoms with E-state index in [1.807, 2.05) is 24.3 Å². The van der Waals surface area contributed by atoms with Crippen molar-refractivity contribution in [1.82, 2.24) is 10.2 Å². The van der Waals surface area contributed by atoms with Crippen molar-refractivity contribution in [3.63, 3.8) is 0 Å². The third kappa shape index (κ3) is 3.49. The second kappa shape index (κ2) is 6.99. The Balaban J connectivity index is 1.60. The molecule has 3 amide bonds. The molecule has 3 N–H and O–H groups in total. The van der Waals surface area contributed by atoms with Crippen molar-refractivity contribution >= 4 is 23.5 Å². The molecule has 1 atom stereocenters. The molecular weight excluding hydrogens is 330 g/mol. The molecule has 1 saturated heterocycles. The molecule has 1 aromatic carbocycles. The first-order valence-electron chi connectivity index (χ1n) is 8.20. The molecule has 1 aromatic rings. The number of morpholine rings is 1. The van der Waals surface area contributed by atoms with E-state index in [0.717, 1.165) is 19.3 Å². The quantitative estimate of drug-likeness (QED) is 0.865. The monoisotopic (exact) mass is 351 g/mol. The molecule has 6 nitrogen and oxygen atoms in total. The lowest BCUT2D eigenvalue weighted by atomic mass is 9.64. The van der Waals surface area contributed by atoms with Crippen LogP contribution in [0.1, 0.15) is 24.8 Å². The summed E-state index contributed by atoms with van der Waals surface area (Å²) >= 11 is 5.97. The second-order valence-electron chi connectivity index (χ2n) is 6.51. The van der Waals surface area contributed by atoms with Crippen LogP contribution >= 0.6 is 11.6 Å². The summed E-state index contributed by atoms with van der Waals surface area (Å²) in [6.45, 7) is 1.56. The maximum absolute atomic E-state index is 12.4. The van der Waals surface area contributed by atoms with E-state index in [0.29, 0.717) is 24.7 Å². The van der Waals surface area contributed by atoms with Crippen LogP contribution in [0, 0.1) is 0 Å². The first-order valence-corrected chi connectivity index (χ1v) is 8.58. The van der Waals surface area contributed by atoms with Crippen LogP contribution < -0.4 is 11.1 Å². The maximum atomic E-state index is 12.4. The molecule has 1 unspecified atom stereocenters. The van der Waals surface area contributed by atoms with Crippen molar-refractivity contribution in [2.24, 2.45) is 5.73 Å². The molecule has 3 rings (SSSR count). The molecule has 0 spiro atoms. The summed E-state index contributed by atoms with van der Waals surface area (Å²) in [5, 5.41) is 3.73. The molecule has 0 radical (unpaired) electrons. The predicted molar refractivity (Wildman–Crippen MR) is 90.9 cm³/mol. The number of rotatable bonds is 4. The van der Waals surface area contributed by atoms with Crippen LogP contribution in [0.5, 0.6) is 0 Å². The van der Waals surface area contributed by atoms with Crippen LogP contribution in [-0.4, -0.2) is 49.2 Å². The summed E-state index contributed by atoms with van der Waals surface area (Å²) < 4.78 is 5.27. The Morgan fingerprint density at radius 2 is 2.04 bits per heavy atom. The number of nitrogens with one attached hydrogen (secondary N) is 1. The van der Waals surface area contributed by atoms with E-state index in [2.05, 4.69) is 5.32 Å². The van der Waals surface area contributed by atoms with Gasteiger partial charge in [0.1, 0.15) is 0 Å². The SMILES string of the molecule is NC(=O)C1CN(C(=O)NCC2(c3ccc(Cl)cc3)CCC2)CCO1. The Labute approximate surface area is 146 Å². The van der Waals surface area contributed by atoms with Gasteiger partial charge >= 0.3 is 6.03 Å². The molecule has 1 saturated carbocycles. The molecule has 2 fully saturated rings. The minimum atomic E-state index is -0.724. The zero-order valence-corrected chi connectivity index (χ0v) is 14.2. The number of halogens is 1. The van der Waals surface area contributed by atoms with Crippen molar-refractivity contribution < 1.29 is 14.3 Å². The van der Waals surface area contributed by atoms with Gasteiger partial charge in [-0.05, 0) is 30.5 Å². The van der Waals surface area contributed by atoms with Crippen molar-refractivity contribution in [3.05, 3.63) is 34.9 Å². The molecule has 0 aromatic heterocycles. The summed E-state index contributed by atoms with van der Waals surface area (Å²) in [5.41, 5.74) is 6.44. The van der Waals surface area contributed by atoms with Crippen molar-refractivity contribution in [2.45, 2.75) is 30.8 Å². The van der Waals surface area contributed by atoms with Gasteiger partial charge in [-0.1, -0.05) is 30.2 Å². The molecule has 130 valence electrons. The number of carbonyl (C=O) groups is 2. The normalized spacial score (nSPS) is 22.5. The van der Waals surface area contributed by atoms with Gasteiger partial charge < -0.3 is 20.7 Å². The van der Waals surface area contributed by atoms with E-state index in [1.54, 1.807) is 4.90 Å². The summed E-state index contributed by atoms with van der Waals surface area (Å²) in [4.78, 5) is 25.3. The Bertz CT molecular complexity index is 616. The molecule has 2 aliphatic rings. The van der Waals surface area contributed by atoms with Gasteiger partial charge in [-0.25, -0.2) is 4.79 Å². The fourth-order valence-electron chi connectivity index (χ4n) is 3.34. The van der Waals surface area contributed by atoms with Gasteiger partial charge in [0.15, 0.2) is 6.10 Å². The van der Waals surface area contributed by atoms with Crippen LogP contribution in [0.25, 0.3) is 0 Å². The van der Waals surface area contributed by atoms with Crippen LogP contribution in [-0.2, 0) is 14.9 Å². The highest BCUT2D eigenvalue weighted by Crippen LogP contribution is 2.43. The topological polar surface area (TPSA) is 84.7 Å². The lowest BCUT2D eigenvalue weighted by Crippen LogP contribution is -2.55. The Hall–Kier alpha value is -1.79. The van der Waals surface area contributed by atoms with Crippen LogP contribution in [0.3, 0.4) is 0 Å². The van der Waals surface area contributed by atoms with E-state index in [-0.39, 0.29) is 18.0 Å². The number of benzene rings is 1. The van der Waals surface area contributed by atoms with E-state index < -0.39 is 12.0 Å². The van der Waals surface area contributed by atoms with Gasteiger partial charge in [0.05, 0.1) is 13.2 Å². The number of ether oxygens (including phenoxy) is 1. The predicted octanol–water partition coefficient (Wildman–Crippen LogP) is 1.66. The first kappa shape index (κ1) is 17.0. The number of carbonyl (C=O) groups excluding carboxylic acids is 2. The van der Waals surface area contributed by atoms with Gasteiger partial charge in [0, 0.05) is 23.5 Å². The van der Waals surface area contributed by atoms with Gasteiger partial charge in [-0.15, -0.1) is 0 Å². The Kier molecular flexibility index (Phi) is 4.96. The molecule has 1 heterocycles. The molecule has 0 bridgehead atoms. The number of amides is 3. The third-order valence-electron chi connectivity index (χ3n) is 5.02. The van der Waals surface area contributed by atoms with Crippen LogP contribution in [0.4, 0.5) is 4.79 Å². The van der Waals surface area contributed by atoms with E-state index in [9.17, 15) is 9.59 Å². The highest BCUT2D eigenvalue weighted by atomic mass is 35.5. The number of hydrogen-bond acceptors (Lipinski definition) is 3. The minimum Gasteiger partial charge on any atom is -0.367 e. The molecule has 1 aliphatic carbocycles. The van der Waals surface area contributed by atoms with Crippen LogP contribution in [0.15, 0.2) is 24.3 Å². The summed E-state index contributed by atoms with van der Waals surface area (Å²) in [7, 11) is 0. The van der Waals surface area contributed by atoms with Crippen molar-refractivity contribution in [2.75, 3.05) is 26.2 Å². The van der Waals surface area contributed by atoms with Crippen LogP contribution in [0.2, 0.25) is 5.02 Å². The maximum Gasteiger partial charge on any atom is 0.317 e. The highest BCUT2D eigenvalue weighted by Gasteiger charge is 2.39. The van der Waals surface area contributed by atoms with E-state index in [1.165, 1.54) is 5.56 Å². The lowest BCUT2D eigenvalue weighted by Gasteiger charge is -2.43. The lowest BCUT2D eigenvalue weighted by molar-refractivity contribution is -0.133. The Morgan fingerprint density at radius 3 is 2.62 bits per heavy atom. The summed E-state index contributed by atoms with van der Waals surface area (Å²) in [5.74, 6) is -0.538. The number of hydrogen-bond donors (Lipinski definition) is 2. The van der Waals surface area contributed by atoms with Crippen molar-refractivity contribution in [3.8, 4) is 0 Å². The Morgan fingerprint density at radius 1 is 1.33 bits per heavy atom. The van der Waals surface area contributed by atoms with Crippen molar-refractivity contribution in [1.29, 1.82) is 0 Å². The number of primary amides is 1. The summed E-state index contributed by atoms with van der Waals surface area (Å²) in [6, 6.07) is 7.66. The van der Waals surface area contributed by atoms with Gasteiger partial charge in [-0.2, -0.15) is 0 Å². The molecule has 24 heavy (non-hydrogen) atoms. The zero-order valence-electron chi connectivity index (χ0n) is 13.5. The largest absolute Gasteiger partial charge is 0.367 e. The molecule has 7 heteroatoms. The zero-order chi connectivity index (χ0) is 17.2. The highest BCUT2D eigenvalue weighted by molar-refractivity contribution is 6.30. The van der Waals surface area contributed by atoms with Gasteiger partial charge in [0.25, 0.3) is 0 Å².